The van der Waals surface area contributed by atoms with E-state index in [1.165, 1.54) is 22.0 Å². The summed E-state index contributed by atoms with van der Waals surface area (Å²) >= 11 is 0. The van der Waals surface area contributed by atoms with Crippen molar-refractivity contribution in [3.05, 3.63) is 59.2 Å². The molecule has 1 fully saturated rings. The smallest absolute Gasteiger partial charge is 0.244 e. The number of nitriles is 1. The first-order valence-corrected chi connectivity index (χ1v) is 12.4. The van der Waals surface area contributed by atoms with Crippen LogP contribution in [-0.2, 0) is 27.8 Å². The maximum absolute atomic E-state index is 13.2. The number of benzene rings is 2. The molecule has 2 heterocycles. The highest BCUT2D eigenvalue weighted by Gasteiger charge is 2.35. The lowest BCUT2D eigenvalue weighted by molar-refractivity contribution is -0.137. The van der Waals surface area contributed by atoms with E-state index in [4.69, 9.17) is 4.74 Å². The topological polar surface area (TPSA) is 90.7 Å². The van der Waals surface area contributed by atoms with E-state index in [0.29, 0.717) is 32.5 Å². The van der Waals surface area contributed by atoms with E-state index >= 15 is 0 Å². The van der Waals surface area contributed by atoms with E-state index in [9.17, 15) is 18.5 Å². The lowest BCUT2D eigenvalue weighted by atomic mass is 9.93. The Kier molecular flexibility index (Phi) is 6.49. The number of hydrogen-bond acceptors (Lipinski definition) is 5. The van der Waals surface area contributed by atoms with Crippen LogP contribution in [0.5, 0.6) is 5.75 Å². The summed E-state index contributed by atoms with van der Waals surface area (Å²) in [6, 6.07) is 14.3. The number of sulfonamides is 1. The zero-order valence-electron chi connectivity index (χ0n) is 18.2. The third kappa shape index (κ3) is 4.36. The Morgan fingerprint density at radius 3 is 2.59 bits per heavy atom. The third-order valence-corrected chi connectivity index (χ3v) is 8.20. The van der Waals surface area contributed by atoms with Crippen LogP contribution in [0.25, 0.3) is 0 Å². The number of amides is 1. The largest absolute Gasteiger partial charge is 0.494 e. The fourth-order valence-corrected chi connectivity index (χ4v) is 6.11. The molecule has 2 aliphatic rings. The van der Waals surface area contributed by atoms with Crippen molar-refractivity contribution in [3.63, 3.8) is 0 Å². The van der Waals surface area contributed by atoms with Crippen LogP contribution < -0.4 is 4.74 Å². The van der Waals surface area contributed by atoms with Gasteiger partial charge < -0.3 is 9.64 Å². The number of nitrogens with zero attached hydrogens (tertiary/aromatic N) is 3. The number of carbonyl (C=O) groups excluding carboxylic acids is 1. The Hall–Kier alpha value is -2.89. The summed E-state index contributed by atoms with van der Waals surface area (Å²) in [5.41, 5.74) is 2.50. The van der Waals surface area contributed by atoms with Gasteiger partial charge in [-0.1, -0.05) is 18.2 Å². The first-order chi connectivity index (χ1) is 15.4. The van der Waals surface area contributed by atoms with E-state index in [-0.39, 0.29) is 35.4 Å². The quantitative estimate of drug-likeness (QED) is 0.694. The average Bonchev–Trinajstić information content (AvgIpc) is 2.83. The molecule has 0 spiro atoms. The molecule has 1 saturated heterocycles. The summed E-state index contributed by atoms with van der Waals surface area (Å²) < 4.78 is 33.1. The van der Waals surface area contributed by atoms with Gasteiger partial charge in [-0.15, -0.1) is 0 Å². The monoisotopic (exact) mass is 453 g/mol. The second kappa shape index (κ2) is 9.31. The van der Waals surface area contributed by atoms with Crippen LogP contribution in [0.3, 0.4) is 0 Å². The molecule has 4 rings (SSSR count). The summed E-state index contributed by atoms with van der Waals surface area (Å²) in [5.74, 6) is 0.716. The summed E-state index contributed by atoms with van der Waals surface area (Å²) in [7, 11) is -3.76. The van der Waals surface area contributed by atoms with Crippen molar-refractivity contribution >= 4 is 15.9 Å². The number of carbonyl (C=O) groups is 1. The number of rotatable bonds is 5. The molecule has 0 N–H and O–H groups in total. The highest BCUT2D eigenvalue weighted by atomic mass is 32.2. The van der Waals surface area contributed by atoms with Crippen molar-refractivity contribution in [3.8, 4) is 11.8 Å². The van der Waals surface area contributed by atoms with Gasteiger partial charge >= 0.3 is 0 Å². The van der Waals surface area contributed by atoms with Gasteiger partial charge in [-0.25, -0.2) is 8.42 Å². The van der Waals surface area contributed by atoms with Gasteiger partial charge in [-0.3, -0.25) is 4.79 Å². The number of piperidine rings is 1. The fraction of sp³-hybridized carbons (Fsp3) is 0.417. The summed E-state index contributed by atoms with van der Waals surface area (Å²) in [4.78, 5) is 15.1. The van der Waals surface area contributed by atoms with Crippen LogP contribution in [0.1, 0.15) is 36.5 Å². The molecule has 2 aromatic carbocycles. The van der Waals surface area contributed by atoms with E-state index < -0.39 is 10.0 Å². The molecule has 0 aromatic heterocycles. The minimum absolute atomic E-state index is 0.0324. The molecule has 0 atom stereocenters. The van der Waals surface area contributed by atoms with Crippen molar-refractivity contribution in [1.82, 2.24) is 9.21 Å². The molecule has 0 saturated carbocycles. The molecule has 0 aliphatic carbocycles. The van der Waals surface area contributed by atoms with Crippen LogP contribution in [0.15, 0.2) is 47.4 Å². The lowest BCUT2D eigenvalue weighted by Gasteiger charge is -2.35. The Bertz CT molecular complexity index is 1150. The van der Waals surface area contributed by atoms with Gasteiger partial charge in [0, 0.05) is 32.1 Å². The van der Waals surface area contributed by atoms with E-state index in [1.54, 1.807) is 12.1 Å². The summed E-state index contributed by atoms with van der Waals surface area (Å²) in [5, 5.41) is 9.26. The molecular formula is C24H27N3O4S. The maximum Gasteiger partial charge on any atom is 0.244 e. The third-order valence-electron chi connectivity index (χ3n) is 6.24. The molecule has 32 heavy (non-hydrogen) atoms. The molecule has 2 aromatic rings. The first-order valence-electron chi connectivity index (χ1n) is 11.0. The Morgan fingerprint density at radius 2 is 1.88 bits per heavy atom. The highest BCUT2D eigenvalue weighted by molar-refractivity contribution is 7.89. The van der Waals surface area contributed by atoms with Gasteiger partial charge in [0.15, 0.2) is 0 Å². The van der Waals surface area contributed by atoms with Gasteiger partial charge in [-0.2, -0.15) is 9.57 Å². The molecule has 7 nitrogen and oxygen atoms in total. The SMILES string of the molecule is CCOc1ccc2c(c1)CN(C(=O)C1CCN(S(=O)(=O)c3ccccc3C#N)CC1)CC2. The first kappa shape index (κ1) is 22.3. The van der Waals surface area contributed by atoms with Crippen molar-refractivity contribution in [2.24, 2.45) is 5.92 Å². The molecule has 0 bridgehead atoms. The van der Waals surface area contributed by atoms with Gasteiger partial charge in [-0.05, 0) is 61.6 Å². The van der Waals surface area contributed by atoms with Crippen LogP contribution in [0.4, 0.5) is 0 Å². The summed E-state index contributed by atoms with van der Waals surface area (Å²) in [6.07, 6.45) is 1.77. The number of fused-ring (bicyclic) bond motifs is 1. The van der Waals surface area contributed by atoms with Crippen LogP contribution in [0.2, 0.25) is 0 Å². The van der Waals surface area contributed by atoms with Crippen molar-refractivity contribution in [1.29, 1.82) is 5.26 Å². The van der Waals surface area contributed by atoms with Crippen molar-refractivity contribution < 1.29 is 17.9 Å². The molecular weight excluding hydrogens is 426 g/mol. The molecule has 168 valence electrons. The zero-order chi connectivity index (χ0) is 22.7. The summed E-state index contributed by atoms with van der Waals surface area (Å²) in [6.45, 7) is 4.33. The number of hydrogen-bond donors (Lipinski definition) is 0. The van der Waals surface area contributed by atoms with Crippen LogP contribution in [-0.4, -0.2) is 49.8 Å². The second-order valence-electron chi connectivity index (χ2n) is 8.16. The zero-order valence-corrected chi connectivity index (χ0v) is 19.0. The lowest BCUT2D eigenvalue weighted by Crippen LogP contribution is -2.45. The van der Waals surface area contributed by atoms with E-state index in [1.807, 2.05) is 30.0 Å². The normalized spacial score (nSPS) is 17.4. The Labute approximate surface area is 189 Å². The highest BCUT2D eigenvalue weighted by Crippen LogP contribution is 2.29. The molecule has 0 radical (unpaired) electrons. The fourth-order valence-electron chi connectivity index (χ4n) is 4.50. The minimum atomic E-state index is -3.76. The Balaban J connectivity index is 1.41. The van der Waals surface area contributed by atoms with E-state index in [2.05, 4.69) is 6.07 Å². The molecule has 0 unspecified atom stereocenters. The predicted octanol–water partition coefficient (Wildman–Crippen LogP) is 2.94. The molecule has 8 heteroatoms. The van der Waals surface area contributed by atoms with Gasteiger partial charge in [0.05, 0.1) is 17.1 Å². The standard InChI is InChI=1S/C24H27N3O4S/c1-2-31-22-8-7-18-9-12-26(17-21(18)15-22)24(28)19-10-13-27(14-11-19)32(29,30)23-6-4-3-5-20(23)16-25/h3-8,15,19H,2,9-14,17H2,1H3. The Morgan fingerprint density at radius 1 is 1.12 bits per heavy atom. The average molecular weight is 454 g/mol. The maximum atomic E-state index is 13.2. The molecule has 2 aliphatic heterocycles. The second-order valence-corrected chi connectivity index (χ2v) is 10.1. The van der Waals surface area contributed by atoms with Crippen LogP contribution >= 0.6 is 0 Å². The van der Waals surface area contributed by atoms with Gasteiger partial charge in [0.25, 0.3) is 0 Å². The van der Waals surface area contributed by atoms with Gasteiger partial charge in [0.2, 0.25) is 15.9 Å². The van der Waals surface area contributed by atoms with Crippen molar-refractivity contribution in [2.75, 3.05) is 26.2 Å². The minimum Gasteiger partial charge on any atom is -0.494 e. The van der Waals surface area contributed by atoms with Crippen molar-refractivity contribution in [2.45, 2.75) is 37.6 Å². The number of ether oxygens (including phenoxy) is 1. The molecule has 1 amide bonds. The van der Waals surface area contributed by atoms with E-state index in [0.717, 1.165) is 17.7 Å². The van der Waals surface area contributed by atoms with Crippen LogP contribution in [0, 0.1) is 17.2 Å². The predicted molar refractivity (Wildman–Crippen MR) is 119 cm³/mol. The van der Waals surface area contributed by atoms with Gasteiger partial charge in [0.1, 0.15) is 11.8 Å².